The van der Waals surface area contributed by atoms with Gasteiger partial charge in [0.25, 0.3) is 11.6 Å². The van der Waals surface area contributed by atoms with E-state index in [2.05, 4.69) is 5.10 Å². The topological polar surface area (TPSA) is 99.7 Å². The third-order valence-corrected chi connectivity index (χ3v) is 4.88. The van der Waals surface area contributed by atoms with Crippen molar-refractivity contribution in [3.8, 4) is 22.7 Å². The third-order valence-electron chi connectivity index (χ3n) is 4.88. The van der Waals surface area contributed by atoms with Crippen molar-refractivity contribution in [1.29, 1.82) is 0 Å². The molecule has 154 valence electrons. The fourth-order valence-corrected chi connectivity index (χ4v) is 3.32. The molecule has 0 spiro atoms. The quantitative estimate of drug-likeness (QED) is 0.475. The fourth-order valence-electron chi connectivity index (χ4n) is 3.32. The van der Waals surface area contributed by atoms with Crippen LogP contribution in [0.4, 0.5) is 5.69 Å². The Labute approximate surface area is 172 Å². The van der Waals surface area contributed by atoms with Gasteiger partial charge in [0.15, 0.2) is 0 Å². The summed E-state index contributed by atoms with van der Waals surface area (Å²) in [6.07, 6.45) is 0. The van der Waals surface area contributed by atoms with Gasteiger partial charge in [-0.25, -0.2) is 4.68 Å². The van der Waals surface area contributed by atoms with E-state index >= 15 is 0 Å². The maximum Gasteiger partial charge on any atom is 0.272 e. The molecule has 0 atom stereocenters. The second-order valence-corrected chi connectivity index (χ2v) is 6.74. The monoisotopic (exact) mass is 408 g/mol. The molecule has 9 heteroatoms. The SMILES string of the molecule is COc1cccc(-c2cc(C(=O)N3CCOCC3)n(-c3cccc([N+](=O)[O-])c3)n2)c1. The van der Waals surface area contributed by atoms with Crippen molar-refractivity contribution in [2.24, 2.45) is 0 Å². The zero-order valence-corrected chi connectivity index (χ0v) is 16.4. The molecule has 1 aromatic heterocycles. The number of methoxy groups -OCH3 is 1. The van der Waals surface area contributed by atoms with Gasteiger partial charge in [-0.05, 0) is 24.3 Å². The number of ether oxygens (including phenoxy) is 2. The summed E-state index contributed by atoms with van der Waals surface area (Å²) in [4.78, 5) is 25.7. The third kappa shape index (κ3) is 3.87. The van der Waals surface area contributed by atoms with Crippen molar-refractivity contribution in [2.45, 2.75) is 0 Å². The molecule has 1 saturated heterocycles. The Morgan fingerprint density at radius 3 is 2.63 bits per heavy atom. The molecule has 1 amide bonds. The van der Waals surface area contributed by atoms with Crippen LogP contribution in [0.3, 0.4) is 0 Å². The Hall–Kier alpha value is -3.72. The second kappa shape index (κ2) is 8.34. The minimum Gasteiger partial charge on any atom is -0.497 e. The van der Waals surface area contributed by atoms with Crippen LogP contribution in [0.15, 0.2) is 54.6 Å². The number of nitro groups is 1. The maximum absolute atomic E-state index is 13.2. The first kappa shape index (κ1) is 19.6. The Bertz CT molecular complexity index is 1090. The largest absolute Gasteiger partial charge is 0.497 e. The van der Waals surface area contributed by atoms with Gasteiger partial charge < -0.3 is 14.4 Å². The lowest BCUT2D eigenvalue weighted by atomic mass is 10.1. The molecule has 1 fully saturated rings. The van der Waals surface area contributed by atoms with Crippen molar-refractivity contribution < 1.29 is 19.2 Å². The van der Waals surface area contributed by atoms with Gasteiger partial charge in [-0.15, -0.1) is 0 Å². The molecule has 2 aromatic carbocycles. The molecular weight excluding hydrogens is 388 g/mol. The summed E-state index contributed by atoms with van der Waals surface area (Å²) in [5.74, 6) is 0.463. The lowest BCUT2D eigenvalue weighted by Crippen LogP contribution is -2.41. The first-order valence-corrected chi connectivity index (χ1v) is 9.43. The number of non-ortho nitro benzene ring substituents is 1. The number of nitro benzene ring substituents is 1. The first-order valence-electron chi connectivity index (χ1n) is 9.43. The van der Waals surface area contributed by atoms with Crippen LogP contribution >= 0.6 is 0 Å². The van der Waals surface area contributed by atoms with Gasteiger partial charge in [0, 0.05) is 30.8 Å². The van der Waals surface area contributed by atoms with Gasteiger partial charge in [0.2, 0.25) is 0 Å². The predicted octanol–water partition coefficient (Wildman–Crippen LogP) is 2.93. The summed E-state index contributed by atoms with van der Waals surface area (Å²) in [6.45, 7) is 1.90. The van der Waals surface area contributed by atoms with Crippen LogP contribution in [0.5, 0.6) is 5.75 Å². The number of nitrogens with zero attached hydrogens (tertiary/aromatic N) is 4. The number of amides is 1. The number of aromatic nitrogens is 2. The van der Waals surface area contributed by atoms with Gasteiger partial charge in [0.05, 0.1) is 36.6 Å². The molecular formula is C21H20N4O5. The Kier molecular flexibility index (Phi) is 5.44. The highest BCUT2D eigenvalue weighted by molar-refractivity contribution is 5.94. The summed E-state index contributed by atoms with van der Waals surface area (Å²) < 4.78 is 12.1. The molecule has 2 heterocycles. The molecule has 0 aliphatic carbocycles. The molecule has 9 nitrogen and oxygen atoms in total. The van der Waals surface area contributed by atoms with E-state index < -0.39 is 4.92 Å². The predicted molar refractivity (Wildman–Crippen MR) is 109 cm³/mol. The molecule has 1 aliphatic heterocycles. The molecule has 1 aliphatic rings. The van der Waals surface area contributed by atoms with E-state index in [9.17, 15) is 14.9 Å². The van der Waals surface area contributed by atoms with Gasteiger partial charge >= 0.3 is 0 Å². The van der Waals surface area contributed by atoms with Crippen molar-refractivity contribution >= 4 is 11.6 Å². The lowest BCUT2D eigenvalue weighted by molar-refractivity contribution is -0.384. The second-order valence-electron chi connectivity index (χ2n) is 6.74. The van der Waals surface area contributed by atoms with E-state index in [-0.39, 0.29) is 11.6 Å². The Morgan fingerprint density at radius 1 is 1.13 bits per heavy atom. The highest BCUT2D eigenvalue weighted by Gasteiger charge is 2.25. The number of morpholine rings is 1. The van der Waals surface area contributed by atoms with Crippen molar-refractivity contribution in [3.63, 3.8) is 0 Å². The van der Waals surface area contributed by atoms with E-state index in [0.717, 1.165) is 5.56 Å². The number of hydrogen-bond acceptors (Lipinski definition) is 6. The number of rotatable bonds is 5. The molecule has 0 radical (unpaired) electrons. The van der Waals surface area contributed by atoms with Crippen molar-refractivity contribution in [3.05, 3.63) is 70.4 Å². The van der Waals surface area contributed by atoms with Crippen LogP contribution < -0.4 is 4.74 Å². The molecule has 0 N–H and O–H groups in total. The minimum absolute atomic E-state index is 0.0734. The standard InChI is InChI=1S/C21H20N4O5/c1-29-18-7-2-4-15(12-18)19-14-20(21(26)23-8-10-30-11-9-23)24(22-19)16-5-3-6-17(13-16)25(27)28/h2-7,12-14H,8-11H2,1H3. The van der Waals surface area contributed by atoms with Gasteiger partial charge in [-0.1, -0.05) is 18.2 Å². The zero-order valence-electron chi connectivity index (χ0n) is 16.4. The summed E-state index contributed by atoms with van der Waals surface area (Å²) in [5.41, 5.74) is 2.03. The maximum atomic E-state index is 13.2. The van der Waals surface area contributed by atoms with Gasteiger partial charge in [-0.3, -0.25) is 14.9 Å². The number of hydrogen-bond donors (Lipinski definition) is 0. The molecule has 0 saturated carbocycles. The van der Waals surface area contributed by atoms with Crippen LogP contribution in [-0.4, -0.2) is 58.9 Å². The zero-order chi connectivity index (χ0) is 21.1. The average Bonchev–Trinajstić information content (AvgIpc) is 3.25. The summed E-state index contributed by atoms with van der Waals surface area (Å²) in [5, 5.41) is 15.8. The van der Waals surface area contributed by atoms with E-state index in [1.165, 1.54) is 16.8 Å². The summed E-state index contributed by atoms with van der Waals surface area (Å²) in [6, 6.07) is 15.1. The van der Waals surface area contributed by atoms with E-state index in [0.29, 0.717) is 49.1 Å². The van der Waals surface area contributed by atoms with E-state index in [4.69, 9.17) is 9.47 Å². The van der Waals surface area contributed by atoms with Crippen molar-refractivity contribution in [2.75, 3.05) is 33.4 Å². The minimum atomic E-state index is -0.473. The lowest BCUT2D eigenvalue weighted by Gasteiger charge is -2.26. The Morgan fingerprint density at radius 2 is 1.90 bits per heavy atom. The molecule has 3 aromatic rings. The average molecular weight is 408 g/mol. The fraction of sp³-hybridized carbons (Fsp3) is 0.238. The molecule has 30 heavy (non-hydrogen) atoms. The first-order chi connectivity index (χ1) is 14.6. The molecule has 4 rings (SSSR count). The van der Waals surface area contributed by atoms with Crippen LogP contribution in [-0.2, 0) is 4.74 Å². The van der Waals surface area contributed by atoms with Crippen LogP contribution in [0.2, 0.25) is 0 Å². The normalized spacial score (nSPS) is 13.8. The smallest absolute Gasteiger partial charge is 0.272 e. The Balaban J connectivity index is 1.82. The van der Waals surface area contributed by atoms with Crippen LogP contribution in [0.25, 0.3) is 16.9 Å². The number of carbonyl (C=O) groups is 1. The van der Waals surface area contributed by atoms with E-state index in [1.54, 1.807) is 30.2 Å². The highest BCUT2D eigenvalue weighted by Crippen LogP contribution is 2.27. The molecule has 0 unspecified atom stereocenters. The molecule has 0 bridgehead atoms. The van der Waals surface area contributed by atoms with Crippen molar-refractivity contribution in [1.82, 2.24) is 14.7 Å². The highest BCUT2D eigenvalue weighted by atomic mass is 16.6. The number of carbonyl (C=O) groups excluding carboxylic acids is 1. The van der Waals surface area contributed by atoms with Gasteiger partial charge in [0.1, 0.15) is 11.4 Å². The summed E-state index contributed by atoms with van der Waals surface area (Å²) >= 11 is 0. The van der Waals surface area contributed by atoms with E-state index in [1.807, 2.05) is 24.3 Å². The summed E-state index contributed by atoms with van der Waals surface area (Å²) in [7, 11) is 1.58. The van der Waals surface area contributed by atoms with Gasteiger partial charge in [-0.2, -0.15) is 5.10 Å². The van der Waals surface area contributed by atoms with Crippen LogP contribution in [0, 0.1) is 10.1 Å². The van der Waals surface area contributed by atoms with Crippen LogP contribution in [0.1, 0.15) is 10.5 Å². The number of benzene rings is 2.